The van der Waals surface area contributed by atoms with Crippen LogP contribution in [0.2, 0.25) is 0 Å². The lowest BCUT2D eigenvalue weighted by molar-refractivity contribution is -0.130. The Labute approximate surface area is 170 Å². The Balaban J connectivity index is 1.63. The Morgan fingerprint density at radius 3 is 2.79 bits per heavy atom. The number of aryl methyl sites for hydroxylation is 1. The lowest BCUT2D eigenvalue weighted by Gasteiger charge is -2.27. The topological polar surface area (TPSA) is 65.5 Å². The van der Waals surface area contributed by atoms with Crippen LogP contribution in [0.4, 0.5) is 0 Å². The Bertz CT molecular complexity index is 845. The monoisotopic (exact) mass is 400 g/mol. The molecule has 1 aliphatic heterocycles. The van der Waals surface area contributed by atoms with E-state index in [1.54, 1.807) is 32.4 Å². The number of thiophene rings is 1. The molecule has 0 fully saturated rings. The van der Waals surface area contributed by atoms with E-state index in [1.165, 1.54) is 15.3 Å². The number of nitrogens with one attached hydrogen (secondary N) is 1. The summed E-state index contributed by atoms with van der Waals surface area (Å²) in [4.78, 5) is 34.3. The number of likely N-dealkylation sites (N-methyl/N-ethyl adjacent to an activating group) is 1. The summed E-state index contributed by atoms with van der Waals surface area (Å²) < 4.78 is 0. The molecule has 6 nitrogen and oxygen atoms in total. The molecule has 150 valence electrons. The summed E-state index contributed by atoms with van der Waals surface area (Å²) in [5.41, 5.74) is 4.16. The van der Waals surface area contributed by atoms with Crippen molar-refractivity contribution >= 4 is 23.2 Å². The number of amides is 2. The van der Waals surface area contributed by atoms with Gasteiger partial charge in [0.05, 0.1) is 11.3 Å². The number of pyridine rings is 1. The Morgan fingerprint density at radius 2 is 2.14 bits per heavy atom. The smallest absolute Gasteiger partial charge is 0.253 e. The van der Waals surface area contributed by atoms with Crippen LogP contribution in [0.3, 0.4) is 0 Å². The van der Waals surface area contributed by atoms with E-state index in [4.69, 9.17) is 0 Å². The molecular formula is C21H28N4O2S. The van der Waals surface area contributed by atoms with Gasteiger partial charge in [0.2, 0.25) is 5.91 Å². The number of aromatic nitrogens is 1. The van der Waals surface area contributed by atoms with Gasteiger partial charge in [-0.25, -0.2) is 0 Å². The number of carbonyl (C=O) groups excluding carboxylic acids is 2. The number of hydrogen-bond donors (Lipinski definition) is 1. The molecule has 0 unspecified atom stereocenters. The third-order valence-electron chi connectivity index (χ3n) is 5.11. The van der Waals surface area contributed by atoms with Crippen molar-refractivity contribution in [1.29, 1.82) is 0 Å². The minimum Gasteiger partial charge on any atom is -0.347 e. The minimum atomic E-state index is -0.532. The predicted octanol–water partition coefficient (Wildman–Crippen LogP) is 2.47. The summed E-state index contributed by atoms with van der Waals surface area (Å²) in [5.74, 6) is -0.268. The molecule has 2 amide bonds. The maximum atomic E-state index is 12.6. The summed E-state index contributed by atoms with van der Waals surface area (Å²) in [6, 6.07) is 3.71. The van der Waals surface area contributed by atoms with Crippen LogP contribution in [-0.4, -0.2) is 53.3 Å². The van der Waals surface area contributed by atoms with E-state index in [2.05, 4.69) is 34.3 Å². The summed E-state index contributed by atoms with van der Waals surface area (Å²) >= 11 is 1.62. The molecule has 3 heterocycles. The minimum absolute atomic E-state index is 0.106. The first-order valence-electron chi connectivity index (χ1n) is 9.66. The molecule has 0 spiro atoms. The molecule has 1 atom stereocenters. The first-order valence-corrected chi connectivity index (χ1v) is 10.5. The molecule has 2 aromatic heterocycles. The summed E-state index contributed by atoms with van der Waals surface area (Å²) in [6.45, 7) is 6.39. The second-order valence-electron chi connectivity index (χ2n) is 7.45. The van der Waals surface area contributed by atoms with Crippen molar-refractivity contribution in [2.75, 3.05) is 20.6 Å². The summed E-state index contributed by atoms with van der Waals surface area (Å²) in [7, 11) is 3.38. The van der Waals surface area contributed by atoms with Crippen LogP contribution in [0.5, 0.6) is 0 Å². The molecular weight excluding hydrogens is 372 g/mol. The van der Waals surface area contributed by atoms with Gasteiger partial charge in [0.15, 0.2) is 0 Å². The number of fused-ring (bicyclic) bond motifs is 1. The standard InChI is InChI=1S/C21H28N4O2S/c1-5-15-6-7-16(22-10-15)11-25-9-8-17-18(13-28-19(17)12-25)20(26)23-14(2)21(27)24(3)4/h6-7,10,13-14H,5,8-9,11-12H2,1-4H3,(H,23,26)/t14-/m1/s1. The Kier molecular flexibility index (Phi) is 6.46. The second kappa shape index (κ2) is 8.84. The van der Waals surface area contributed by atoms with Crippen LogP contribution in [0.1, 0.15) is 45.9 Å². The molecule has 1 aliphatic rings. The third kappa shape index (κ3) is 4.59. The average molecular weight is 401 g/mol. The van der Waals surface area contributed by atoms with E-state index in [1.807, 2.05) is 11.6 Å². The molecule has 1 N–H and O–H groups in total. The van der Waals surface area contributed by atoms with Crippen LogP contribution in [0, 0.1) is 0 Å². The van der Waals surface area contributed by atoms with Crippen molar-refractivity contribution in [3.05, 3.63) is 51.0 Å². The van der Waals surface area contributed by atoms with Crippen molar-refractivity contribution in [1.82, 2.24) is 20.1 Å². The van der Waals surface area contributed by atoms with E-state index < -0.39 is 6.04 Å². The number of rotatable bonds is 6. The molecule has 0 saturated carbocycles. The van der Waals surface area contributed by atoms with Crippen LogP contribution < -0.4 is 5.32 Å². The molecule has 2 aromatic rings. The fraction of sp³-hybridized carbons (Fsp3) is 0.476. The summed E-state index contributed by atoms with van der Waals surface area (Å²) in [6.07, 6.45) is 3.79. The molecule has 0 radical (unpaired) electrons. The summed E-state index contributed by atoms with van der Waals surface area (Å²) in [5, 5.41) is 4.75. The largest absolute Gasteiger partial charge is 0.347 e. The molecule has 0 aromatic carbocycles. The molecule has 0 bridgehead atoms. The van der Waals surface area contributed by atoms with E-state index in [-0.39, 0.29) is 11.8 Å². The van der Waals surface area contributed by atoms with Crippen molar-refractivity contribution in [3.8, 4) is 0 Å². The van der Waals surface area contributed by atoms with Gasteiger partial charge < -0.3 is 10.2 Å². The van der Waals surface area contributed by atoms with Crippen molar-refractivity contribution in [2.45, 2.75) is 45.8 Å². The molecule has 0 aliphatic carbocycles. The second-order valence-corrected chi connectivity index (χ2v) is 8.42. The first kappa shape index (κ1) is 20.5. The Morgan fingerprint density at radius 1 is 1.36 bits per heavy atom. The SMILES string of the molecule is CCc1ccc(CN2CCc3c(C(=O)N[C@H](C)C(=O)N(C)C)csc3C2)nc1. The maximum absolute atomic E-state index is 12.6. The quantitative estimate of drug-likeness (QED) is 0.809. The third-order valence-corrected chi connectivity index (χ3v) is 6.12. The van der Waals surface area contributed by atoms with Gasteiger partial charge in [-0.2, -0.15) is 0 Å². The van der Waals surface area contributed by atoms with Gasteiger partial charge in [-0.15, -0.1) is 11.3 Å². The van der Waals surface area contributed by atoms with E-state index in [0.29, 0.717) is 5.56 Å². The fourth-order valence-electron chi connectivity index (χ4n) is 3.42. The van der Waals surface area contributed by atoms with Crippen molar-refractivity contribution < 1.29 is 9.59 Å². The highest BCUT2D eigenvalue weighted by atomic mass is 32.1. The Hall–Kier alpha value is -2.25. The van der Waals surface area contributed by atoms with Gasteiger partial charge >= 0.3 is 0 Å². The van der Waals surface area contributed by atoms with Gasteiger partial charge in [0.25, 0.3) is 5.91 Å². The molecule has 3 rings (SSSR count). The van der Waals surface area contributed by atoms with Gasteiger partial charge in [-0.1, -0.05) is 13.0 Å². The van der Waals surface area contributed by atoms with Crippen LogP contribution in [0.25, 0.3) is 0 Å². The van der Waals surface area contributed by atoms with Gasteiger partial charge in [0, 0.05) is 50.2 Å². The number of nitrogens with zero attached hydrogens (tertiary/aromatic N) is 3. The number of carbonyl (C=O) groups is 2. The van der Waals surface area contributed by atoms with Gasteiger partial charge in [-0.3, -0.25) is 19.5 Å². The normalized spacial score (nSPS) is 15.0. The zero-order valence-electron chi connectivity index (χ0n) is 17.0. The van der Waals surface area contributed by atoms with Crippen molar-refractivity contribution in [2.24, 2.45) is 0 Å². The lowest BCUT2D eigenvalue weighted by Crippen LogP contribution is -2.44. The predicted molar refractivity (Wildman–Crippen MR) is 111 cm³/mol. The van der Waals surface area contributed by atoms with E-state index in [0.717, 1.165) is 43.7 Å². The van der Waals surface area contributed by atoms with Gasteiger partial charge in [-0.05, 0) is 37.0 Å². The average Bonchev–Trinajstić information content (AvgIpc) is 3.11. The highest BCUT2D eigenvalue weighted by Crippen LogP contribution is 2.29. The molecule has 7 heteroatoms. The number of hydrogen-bond acceptors (Lipinski definition) is 5. The van der Waals surface area contributed by atoms with Crippen LogP contribution in [0.15, 0.2) is 23.7 Å². The fourth-order valence-corrected chi connectivity index (χ4v) is 4.54. The lowest BCUT2D eigenvalue weighted by atomic mass is 10.0. The van der Waals surface area contributed by atoms with E-state index in [9.17, 15) is 9.59 Å². The van der Waals surface area contributed by atoms with Crippen molar-refractivity contribution in [3.63, 3.8) is 0 Å². The van der Waals surface area contributed by atoms with Gasteiger partial charge in [0.1, 0.15) is 6.04 Å². The zero-order valence-corrected chi connectivity index (χ0v) is 17.8. The molecule has 28 heavy (non-hydrogen) atoms. The first-order chi connectivity index (χ1) is 13.4. The van der Waals surface area contributed by atoms with E-state index >= 15 is 0 Å². The molecule has 0 saturated heterocycles. The maximum Gasteiger partial charge on any atom is 0.253 e. The van der Waals surface area contributed by atoms with Crippen LogP contribution in [-0.2, 0) is 30.7 Å². The highest BCUT2D eigenvalue weighted by molar-refractivity contribution is 7.10. The highest BCUT2D eigenvalue weighted by Gasteiger charge is 2.26. The zero-order chi connectivity index (χ0) is 20.3. The van der Waals surface area contributed by atoms with Crippen LogP contribution >= 0.6 is 11.3 Å².